The molecule has 3 aromatic heterocycles. The van der Waals surface area contributed by atoms with Gasteiger partial charge in [0, 0.05) is 6.20 Å². The van der Waals surface area contributed by atoms with Gasteiger partial charge >= 0.3 is 5.97 Å². The van der Waals surface area contributed by atoms with E-state index in [2.05, 4.69) is 25.9 Å². The number of esters is 1. The molecule has 0 saturated heterocycles. The Hall–Kier alpha value is -1.73. The van der Waals surface area contributed by atoms with Crippen molar-refractivity contribution in [2.45, 2.75) is 13.5 Å². The fraction of sp³-hybridized carbons (Fsp3) is 0.214. The van der Waals surface area contributed by atoms with Crippen LogP contribution >= 0.6 is 27.3 Å². The molecule has 0 fully saturated rings. The van der Waals surface area contributed by atoms with Crippen LogP contribution in [0, 0.1) is 0 Å². The molecule has 0 atom stereocenters. The van der Waals surface area contributed by atoms with E-state index in [1.165, 1.54) is 0 Å². The summed E-state index contributed by atoms with van der Waals surface area (Å²) in [5.41, 5.74) is 1.45. The molecule has 0 aliphatic rings. The summed E-state index contributed by atoms with van der Waals surface area (Å²) < 4.78 is 7.85. The van der Waals surface area contributed by atoms with E-state index in [0.29, 0.717) is 12.3 Å². The second-order valence-corrected chi connectivity index (χ2v) is 6.74. The number of hydrogen-bond donors (Lipinski definition) is 0. The van der Waals surface area contributed by atoms with Crippen LogP contribution in [0.5, 0.6) is 0 Å². The number of aromatic nitrogens is 3. The minimum Gasteiger partial charge on any atom is -0.465 e. The van der Waals surface area contributed by atoms with Gasteiger partial charge in [-0.3, -0.25) is 9.36 Å². The lowest BCUT2D eigenvalue weighted by atomic mass is 10.4. The van der Waals surface area contributed by atoms with E-state index < -0.39 is 0 Å². The number of imidazole rings is 1. The average Bonchev–Trinajstić information content (AvgIpc) is 3.04. The first-order valence-corrected chi connectivity index (χ1v) is 8.02. The number of fused-ring (bicyclic) bond motifs is 1. The highest BCUT2D eigenvalue weighted by atomic mass is 79.9. The maximum Gasteiger partial charge on any atom is 0.326 e. The number of nitrogens with zero attached hydrogens (tertiary/aromatic N) is 3. The van der Waals surface area contributed by atoms with E-state index in [-0.39, 0.29) is 12.5 Å². The molecule has 0 N–H and O–H groups in total. The number of ether oxygens (including phenoxy) is 1. The summed E-state index contributed by atoms with van der Waals surface area (Å²) in [4.78, 5) is 21.7. The van der Waals surface area contributed by atoms with E-state index in [1.807, 2.05) is 24.3 Å². The molecule has 3 heterocycles. The molecule has 0 saturated carbocycles. The van der Waals surface area contributed by atoms with Gasteiger partial charge in [0.2, 0.25) is 0 Å². The Morgan fingerprint density at radius 1 is 1.43 bits per heavy atom. The van der Waals surface area contributed by atoms with Gasteiger partial charge in [-0.15, -0.1) is 11.3 Å². The van der Waals surface area contributed by atoms with Crippen LogP contribution in [0.3, 0.4) is 0 Å². The largest absolute Gasteiger partial charge is 0.465 e. The summed E-state index contributed by atoms with van der Waals surface area (Å²) in [7, 11) is 0. The van der Waals surface area contributed by atoms with Crippen LogP contribution in [-0.4, -0.2) is 27.1 Å². The van der Waals surface area contributed by atoms with Gasteiger partial charge in [-0.25, -0.2) is 9.97 Å². The van der Waals surface area contributed by atoms with Crippen molar-refractivity contribution in [2.75, 3.05) is 6.61 Å². The monoisotopic (exact) mass is 365 g/mol. The molecule has 21 heavy (non-hydrogen) atoms. The molecule has 0 aliphatic heterocycles. The Labute approximate surface area is 133 Å². The van der Waals surface area contributed by atoms with Gasteiger partial charge in [0.25, 0.3) is 0 Å². The van der Waals surface area contributed by atoms with E-state index >= 15 is 0 Å². The Kier molecular flexibility index (Phi) is 4.03. The SMILES string of the molecule is CCOC(=O)Cn1c(-c2ccc(Br)s2)nc2cccnc21. The first-order chi connectivity index (χ1) is 10.2. The number of hydrogen-bond acceptors (Lipinski definition) is 5. The third kappa shape index (κ3) is 2.84. The Balaban J connectivity index is 2.12. The third-order valence-corrected chi connectivity index (χ3v) is 4.51. The first kappa shape index (κ1) is 14.2. The second-order valence-electron chi connectivity index (χ2n) is 4.28. The number of thiophene rings is 1. The van der Waals surface area contributed by atoms with Gasteiger partial charge in [-0.1, -0.05) is 0 Å². The summed E-state index contributed by atoms with van der Waals surface area (Å²) in [5.74, 6) is 0.437. The highest BCUT2D eigenvalue weighted by Crippen LogP contribution is 2.32. The average molecular weight is 366 g/mol. The molecular formula is C14H12BrN3O2S. The number of carbonyl (C=O) groups is 1. The molecule has 7 heteroatoms. The van der Waals surface area contributed by atoms with Crippen molar-refractivity contribution < 1.29 is 9.53 Å². The maximum atomic E-state index is 11.8. The molecule has 3 aromatic rings. The van der Waals surface area contributed by atoms with Gasteiger partial charge in [0.1, 0.15) is 12.1 Å². The Morgan fingerprint density at radius 3 is 3.00 bits per heavy atom. The van der Waals surface area contributed by atoms with Crippen molar-refractivity contribution in [1.82, 2.24) is 14.5 Å². The van der Waals surface area contributed by atoms with Crippen LogP contribution < -0.4 is 0 Å². The molecule has 0 bridgehead atoms. The maximum absolute atomic E-state index is 11.8. The number of carbonyl (C=O) groups excluding carboxylic acids is 1. The lowest BCUT2D eigenvalue weighted by molar-refractivity contribution is -0.143. The lowest BCUT2D eigenvalue weighted by Crippen LogP contribution is -2.14. The zero-order valence-electron chi connectivity index (χ0n) is 11.2. The summed E-state index contributed by atoms with van der Waals surface area (Å²) in [6.07, 6.45) is 1.69. The van der Waals surface area contributed by atoms with Crippen molar-refractivity contribution >= 4 is 44.4 Å². The molecule has 108 valence electrons. The quantitative estimate of drug-likeness (QED) is 0.664. The molecule has 0 aliphatic carbocycles. The molecule has 0 unspecified atom stereocenters. The van der Waals surface area contributed by atoms with Crippen LogP contribution in [0.25, 0.3) is 21.9 Å². The standard InChI is InChI=1S/C14H12BrN3O2S/c1-2-20-12(19)8-18-13-9(4-3-7-16-13)17-14(18)10-5-6-11(15)21-10/h3-7H,2,8H2,1H3. The second kappa shape index (κ2) is 5.95. The molecule has 3 rings (SSSR count). The minimum atomic E-state index is -0.292. The summed E-state index contributed by atoms with van der Waals surface area (Å²) in [6.45, 7) is 2.25. The lowest BCUT2D eigenvalue weighted by Gasteiger charge is -2.06. The van der Waals surface area contributed by atoms with Gasteiger partial charge < -0.3 is 4.74 Å². The normalized spacial score (nSPS) is 11.0. The molecule has 0 radical (unpaired) electrons. The smallest absolute Gasteiger partial charge is 0.326 e. The predicted molar refractivity (Wildman–Crippen MR) is 85.2 cm³/mol. The Bertz CT molecular complexity index is 796. The van der Waals surface area contributed by atoms with Crippen molar-refractivity contribution in [1.29, 1.82) is 0 Å². The van der Waals surface area contributed by atoms with Crippen LogP contribution in [0.4, 0.5) is 0 Å². The summed E-state index contributed by atoms with van der Waals surface area (Å²) in [5, 5.41) is 0. The fourth-order valence-corrected chi connectivity index (χ4v) is 3.45. The van der Waals surface area contributed by atoms with Crippen molar-refractivity contribution in [3.8, 4) is 10.7 Å². The molecule has 5 nitrogen and oxygen atoms in total. The minimum absolute atomic E-state index is 0.103. The van der Waals surface area contributed by atoms with Crippen LogP contribution in [0.1, 0.15) is 6.92 Å². The van der Waals surface area contributed by atoms with Crippen molar-refractivity contribution in [3.05, 3.63) is 34.2 Å². The first-order valence-electron chi connectivity index (χ1n) is 6.41. The van der Waals surface area contributed by atoms with E-state index in [1.54, 1.807) is 29.0 Å². The topological polar surface area (TPSA) is 57.0 Å². The van der Waals surface area contributed by atoms with Gasteiger partial charge in [-0.05, 0) is 47.1 Å². The van der Waals surface area contributed by atoms with Gasteiger partial charge in [0.05, 0.1) is 15.3 Å². The molecular weight excluding hydrogens is 354 g/mol. The molecule has 0 spiro atoms. The number of halogens is 1. The molecule has 0 aromatic carbocycles. The van der Waals surface area contributed by atoms with E-state index in [9.17, 15) is 4.79 Å². The predicted octanol–water partition coefficient (Wildman–Crippen LogP) is 3.49. The highest BCUT2D eigenvalue weighted by molar-refractivity contribution is 9.11. The van der Waals surface area contributed by atoms with Crippen molar-refractivity contribution in [2.24, 2.45) is 0 Å². The third-order valence-electron chi connectivity index (χ3n) is 2.89. The highest BCUT2D eigenvalue weighted by Gasteiger charge is 2.17. The van der Waals surface area contributed by atoms with Crippen LogP contribution in [0.2, 0.25) is 0 Å². The van der Waals surface area contributed by atoms with Crippen LogP contribution in [-0.2, 0) is 16.1 Å². The fourth-order valence-electron chi connectivity index (χ4n) is 2.07. The zero-order valence-corrected chi connectivity index (χ0v) is 13.6. The van der Waals surface area contributed by atoms with Gasteiger partial charge in [0.15, 0.2) is 11.5 Å². The van der Waals surface area contributed by atoms with E-state index in [0.717, 1.165) is 20.0 Å². The number of rotatable bonds is 4. The summed E-state index contributed by atoms with van der Waals surface area (Å²) >= 11 is 5.01. The van der Waals surface area contributed by atoms with Gasteiger partial charge in [-0.2, -0.15) is 0 Å². The Morgan fingerprint density at radius 2 is 2.29 bits per heavy atom. The van der Waals surface area contributed by atoms with E-state index in [4.69, 9.17) is 4.74 Å². The van der Waals surface area contributed by atoms with Crippen molar-refractivity contribution in [3.63, 3.8) is 0 Å². The number of pyridine rings is 1. The summed E-state index contributed by atoms with van der Waals surface area (Å²) in [6, 6.07) is 7.65. The molecule has 0 amide bonds. The zero-order chi connectivity index (χ0) is 14.8. The van der Waals surface area contributed by atoms with Crippen LogP contribution in [0.15, 0.2) is 34.2 Å².